The molecular formula is C22H28ClN3O. The Balaban J connectivity index is 1.81. The van der Waals surface area contributed by atoms with Crippen LogP contribution in [0.4, 0.5) is 0 Å². The third kappa shape index (κ3) is 4.83. The molecule has 0 saturated heterocycles. The topological polar surface area (TPSA) is 43.4 Å². The number of para-hydroxylation sites is 1. The summed E-state index contributed by atoms with van der Waals surface area (Å²) in [4.78, 5) is 2.35. The van der Waals surface area contributed by atoms with E-state index in [4.69, 9.17) is 22.1 Å². The van der Waals surface area contributed by atoms with Gasteiger partial charge in [-0.05, 0) is 68.9 Å². The molecule has 27 heavy (non-hydrogen) atoms. The molecule has 3 aromatic rings. The van der Waals surface area contributed by atoms with Crippen molar-refractivity contribution in [2.24, 2.45) is 12.8 Å². The Bertz CT molecular complexity index is 873. The van der Waals surface area contributed by atoms with Crippen LogP contribution in [0.1, 0.15) is 17.7 Å². The highest BCUT2D eigenvalue weighted by molar-refractivity contribution is 6.30. The SMILES string of the molecule is CN(CCCN)CCc1c(COc2ccc(Cl)cc2)n(C)c2ccccc12. The molecule has 2 N–H and O–H groups in total. The van der Waals surface area contributed by atoms with Gasteiger partial charge in [-0.25, -0.2) is 0 Å². The lowest BCUT2D eigenvalue weighted by atomic mass is 10.1. The van der Waals surface area contributed by atoms with Gasteiger partial charge in [-0.1, -0.05) is 29.8 Å². The van der Waals surface area contributed by atoms with E-state index >= 15 is 0 Å². The van der Waals surface area contributed by atoms with E-state index in [2.05, 4.69) is 47.8 Å². The van der Waals surface area contributed by atoms with E-state index in [1.807, 2.05) is 24.3 Å². The van der Waals surface area contributed by atoms with Gasteiger partial charge in [-0.2, -0.15) is 0 Å². The Kier molecular flexibility index (Phi) is 6.78. The molecule has 0 radical (unpaired) electrons. The van der Waals surface area contributed by atoms with E-state index in [1.54, 1.807) is 0 Å². The van der Waals surface area contributed by atoms with Gasteiger partial charge in [0.15, 0.2) is 0 Å². The van der Waals surface area contributed by atoms with Crippen molar-refractivity contribution >= 4 is 22.5 Å². The Morgan fingerprint density at radius 3 is 2.56 bits per heavy atom. The minimum atomic E-state index is 0.536. The second kappa shape index (κ2) is 9.27. The zero-order chi connectivity index (χ0) is 19.2. The van der Waals surface area contributed by atoms with Crippen LogP contribution in [-0.4, -0.2) is 36.1 Å². The van der Waals surface area contributed by atoms with Crippen molar-refractivity contribution in [1.29, 1.82) is 0 Å². The summed E-state index contributed by atoms with van der Waals surface area (Å²) in [7, 11) is 4.27. The number of likely N-dealkylation sites (N-methyl/N-ethyl adjacent to an activating group) is 1. The fraction of sp³-hybridized carbons (Fsp3) is 0.364. The molecule has 0 amide bonds. The van der Waals surface area contributed by atoms with Gasteiger partial charge in [-0.15, -0.1) is 0 Å². The van der Waals surface area contributed by atoms with Gasteiger partial charge in [0, 0.05) is 29.5 Å². The van der Waals surface area contributed by atoms with Crippen LogP contribution in [0.3, 0.4) is 0 Å². The lowest BCUT2D eigenvalue weighted by Gasteiger charge is -2.17. The van der Waals surface area contributed by atoms with Crippen molar-refractivity contribution in [2.45, 2.75) is 19.4 Å². The lowest BCUT2D eigenvalue weighted by molar-refractivity contribution is 0.294. The summed E-state index contributed by atoms with van der Waals surface area (Å²) >= 11 is 5.97. The zero-order valence-electron chi connectivity index (χ0n) is 16.1. The maximum Gasteiger partial charge on any atom is 0.128 e. The van der Waals surface area contributed by atoms with Crippen molar-refractivity contribution in [3.8, 4) is 5.75 Å². The summed E-state index contributed by atoms with van der Waals surface area (Å²) in [6, 6.07) is 16.1. The van der Waals surface area contributed by atoms with Crippen LogP contribution >= 0.6 is 11.6 Å². The molecule has 0 fully saturated rings. The number of aryl methyl sites for hydroxylation is 1. The first-order valence-electron chi connectivity index (χ1n) is 9.42. The van der Waals surface area contributed by atoms with Gasteiger partial charge in [0.1, 0.15) is 12.4 Å². The van der Waals surface area contributed by atoms with Gasteiger partial charge in [-0.3, -0.25) is 0 Å². The summed E-state index contributed by atoms with van der Waals surface area (Å²) in [5.41, 5.74) is 9.46. The van der Waals surface area contributed by atoms with Gasteiger partial charge >= 0.3 is 0 Å². The number of nitrogens with zero attached hydrogens (tertiary/aromatic N) is 2. The fourth-order valence-corrected chi connectivity index (χ4v) is 3.57. The van der Waals surface area contributed by atoms with Gasteiger partial charge < -0.3 is 19.9 Å². The monoisotopic (exact) mass is 385 g/mol. The summed E-state index contributed by atoms with van der Waals surface area (Å²) < 4.78 is 8.31. The predicted molar refractivity (Wildman–Crippen MR) is 114 cm³/mol. The van der Waals surface area contributed by atoms with Crippen LogP contribution < -0.4 is 10.5 Å². The number of ether oxygens (including phenoxy) is 1. The molecule has 1 aromatic heterocycles. The molecule has 144 valence electrons. The normalized spacial score (nSPS) is 11.4. The molecule has 0 unspecified atom stereocenters. The molecule has 0 bridgehead atoms. The fourth-order valence-electron chi connectivity index (χ4n) is 3.45. The van der Waals surface area contributed by atoms with Crippen LogP contribution in [-0.2, 0) is 20.1 Å². The van der Waals surface area contributed by atoms with Crippen LogP contribution in [0.2, 0.25) is 5.02 Å². The first-order chi connectivity index (χ1) is 13.1. The molecule has 2 aromatic carbocycles. The van der Waals surface area contributed by atoms with Crippen molar-refractivity contribution in [2.75, 3.05) is 26.7 Å². The average Bonchev–Trinajstić information content (AvgIpc) is 2.96. The van der Waals surface area contributed by atoms with Gasteiger partial charge in [0.05, 0.1) is 5.69 Å². The number of benzene rings is 2. The largest absolute Gasteiger partial charge is 0.487 e. The Labute approximate surface area is 166 Å². The van der Waals surface area contributed by atoms with Crippen molar-refractivity contribution in [3.63, 3.8) is 0 Å². The second-order valence-corrected chi connectivity index (χ2v) is 7.38. The minimum Gasteiger partial charge on any atom is -0.487 e. The third-order valence-electron chi connectivity index (χ3n) is 5.02. The molecule has 0 spiro atoms. The highest BCUT2D eigenvalue weighted by atomic mass is 35.5. The minimum absolute atomic E-state index is 0.536. The number of halogens is 1. The number of fused-ring (bicyclic) bond motifs is 1. The smallest absolute Gasteiger partial charge is 0.128 e. The summed E-state index contributed by atoms with van der Waals surface area (Å²) in [5, 5.41) is 2.02. The number of aromatic nitrogens is 1. The highest BCUT2D eigenvalue weighted by Crippen LogP contribution is 2.27. The standard InChI is InChI=1S/C22H28ClN3O/c1-25(14-5-13-24)15-12-20-19-6-3-4-7-21(19)26(2)22(20)16-27-18-10-8-17(23)9-11-18/h3-4,6-11H,5,12-16,24H2,1-2H3. The summed E-state index contributed by atoms with van der Waals surface area (Å²) in [6.45, 7) is 3.30. The molecule has 5 heteroatoms. The van der Waals surface area contributed by atoms with E-state index in [-0.39, 0.29) is 0 Å². The molecule has 0 saturated carbocycles. The molecule has 3 rings (SSSR count). The van der Waals surface area contributed by atoms with E-state index < -0.39 is 0 Å². The van der Waals surface area contributed by atoms with Crippen LogP contribution in [0.25, 0.3) is 10.9 Å². The first-order valence-corrected chi connectivity index (χ1v) is 9.80. The third-order valence-corrected chi connectivity index (χ3v) is 5.27. The van der Waals surface area contributed by atoms with Crippen LogP contribution in [0, 0.1) is 0 Å². The van der Waals surface area contributed by atoms with Crippen molar-refractivity contribution < 1.29 is 4.74 Å². The first kappa shape index (κ1) is 19.7. The Morgan fingerprint density at radius 1 is 1.07 bits per heavy atom. The predicted octanol–water partition coefficient (Wildman–Crippen LogP) is 4.23. The molecule has 1 heterocycles. The number of hydrogen-bond acceptors (Lipinski definition) is 3. The molecule has 4 nitrogen and oxygen atoms in total. The van der Waals surface area contributed by atoms with Gasteiger partial charge in [0.25, 0.3) is 0 Å². The van der Waals surface area contributed by atoms with E-state index in [9.17, 15) is 0 Å². The maximum absolute atomic E-state index is 6.06. The van der Waals surface area contributed by atoms with E-state index in [0.29, 0.717) is 11.6 Å². The molecule has 0 aliphatic carbocycles. The highest BCUT2D eigenvalue weighted by Gasteiger charge is 2.16. The van der Waals surface area contributed by atoms with Crippen molar-refractivity contribution in [3.05, 3.63) is 64.8 Å². The molecule has 0 atom stereocenters. The maximum atomic E-state index is 6.06. The summed E-state index contributed by atoms with van der Waals surface area (Å²) in [6.07, 6.45) is 2.01. The number of hydrogen-bond donors (Lipinski definition) is 1. The van der Waals surface area contributed by atoms with Crippen LogP contribution in [0.5, 0.6) is 5.75 Å². The van der Waals surface area contributed by atoms with Crippen molar-refractivity contribution in [1.82, 2.24) is 9.47 Å². The van der Waals surface area contributed by atoms with E-state index in [1.165, 1.54) is 22.2 Å². The number of nitrogens with two attached hydrogens (primary N) is 1. The quantitative estimate of drug-likeness (QED) is 0.599. The Hall–Kier alpha value is -2.01. The summed E-state index contributed by atoms with van der Waals surface area (Å²) in [5.74, 6) is 0.829. The zero-order valence-corrected chi connectivity index (χ0v) is 16.9. The molecular weight excluding hydrogens is 358 g/mol. The average molecular weight is 386 g/mol. The number of rotatable bonds is 9. The van der Waals surface area contributed by atoms with Crippen LogP contribution in [0.15, 0.2) is 48.5 Å². The second-order valence-electron chi connectivity index (χ2n) is 6.94. The van der Waals surface area contributed by atoms with Gasteiger partial charge in [0.2, 0.25) is 0 Å². The lowest BCUT2D eigenvalue weighted by Crippen LogP contribution is -2.24. The Morgan fingerprint density at radius 2 is 1.81 bits per heavy atom. The van der Waals surface area contributed by atoms with E-state index in [0.717, 1.165) is 38.2 Å². The molecule has 0 aliphatic rings. The molecule has 0 aliphatic heterocycles.